The lowest BCUT2D eigenvalue weighted by Gasteiger charge is -2.33. The van der Waals surface area contributed by atoms with Crippen molar-refractivity contribution in [2.75, 3.05) is 52.9 Å². The minimum atomic E-state index is 0.215. The molecule has 4 nitrogen and oxygen atoms in total. The normalized spacial score (nSPS) is 18.3. The highest BCUT2D eigenvalue weighted by Gasteiger charge is 2.15. The first-order valence-corrected chi connectivity index (χ1v) is 6.80. The Morgan fingerprint density at radius 3 is 2.35 bits per heavy atom. The lowest BCUT2D eigenvalue weighted by atomic mass is 10.3. The largest absolute Gasteiger partial charge is 0.342 e. The van der Waals surface area contributed by atoms with Gasteiger partial charge in [0.25, 0.3) is 0 Å². The van der Waals surface area contributed by atoms with E-state index < -0.39 is 0 Å². The summed E-state index contributed by atoms with van der Waals surface area (Å²) in [7, 11) is 2.17. The molecule has 0 aliphatic carbocycles. The van der Waals surface area contributed by atoms with E-state index in [1.807, 2.05) is 4.90 Å². The maximum absolute atomic E-state index is 11.5. The number of carbonyl (C=O) groups is 1. The molecule has 0 N–H and O–H groups in total. The molecule has 0 radical (unpaired) electrons. The fourth-order valence-electron chi connectivity index (χ4n) is 2.11. The van der Waals surface area contributed by atoms with E-state index >= 15 is 0 Å². The van der Waals surface area contributed by atoms with Gasteiger partial charge in [-0.1, -0.05) is 13.3 Å². The van der Waals surface area contributed by atoms with Gasteiger partial charge in [-0.15, -0.1) is 0 Å². The van der Waals surface area contributed by atoms with Gasteiger partial charge in [-0.25, -0.2) is 0 Å². The van der Waals surface area contributed by atoms with E-state index in [0.717, 1.165) is 58.7 Å². The van der Waals surface area contributed by atoms with Crippen molar-refractivity contribution in [3.05, 3.63) is 0 Å². The van der Waals surface area contributed by atoms with Gasteiger partial charge in [0.15, 0.2) is 0 Å². The molecule has 0 aromatic carbocycles. The molecule has 4 heteroatoms. The van der Waals surface area contributed by atoms with Crippen molar-refractivity contribution in [1.29, 1.82) is 0 Å². The maximum Gasteiger partial charge on any atom is 0.219 e. The highest BCUT2D eigenvalue weighted by Crippen LogP contribution is 2.01. The van der Waals surface area contributed by atoms with E-state index in [-0.39, 0.29) is 5.91 Å². The molecule has 1 heterocycles. The number of unbranched alkanes of at least 4 members (excludes halogenated alkanes) is 1. The molecular formula is C13H27N3O. The van der Waals surface area contributed by atoms with Crippen molar-refractivity contribution in [2.24, 2.45) is 0 Å². The molecule has 0 bridgehead atoms. The number of carbonyl (C=O) groups excluding carboxylic acids is 1. The van der Waals surface area contributed by atoms with Gasteiger partial charge in [0.1, 0.15) is 0 Å². The Balaban J connectivity index is 2.23. The third kappa shape index (κ3) is 5.50. The van der Waals surface area contributed by atoms with Crippen molar-refractivity contribution >= 4 is 5.91 Å². The monoisotopic (exact) mass is 241 g/mol. The number of amides is 1. The second-order valence-electron chi connectivity index (χ2n) is 5.00. The van der Waals surface area contributed by atoms with Gasteiger partial charge in [0, 0.05) is 52.7 Å². The number of rotatable bonds is 6. The first-order valence-electron chi connectivity index (χ1n) is 6.80. The maximum atomic E-state index is 11.5. The smallest absolute Gasteiger partial charge is 0.219 e. The van der Waals surface area contributed by atoms with Gasteiger partial charge in [-0.3, -0.25) is 9.69 Å². The van der Waals surface area contributed by atoms with E-state index in [9.17, 15) is 4.79 Å². The van der Waals surface area contributed by atoms with Crippen molar-refractivity contribution in [3.8, 4) is 0 Å². The summed E-state index contributed by atoms with van der Waals surface area (Å²) in [6.07, 6.45) is 2.26. The van der Waals surface area contributed by atoms with Crippen LogP contribution in [-0.4, -0.2) is 73.5 Å². The van der Waals surface area contributed by atoms with Crippen LogP contribution >= 0.6 is 0 Å². The minimum absolute atomic E-state index is 0.215. The fraction of sp³-hybridized carbons (Fsp3) is 0.923. The molecule has 0 saturated carbocycles. The first kappa shape index (κ1) is 14.5. The molecular weight excluding hydrogens is 214 g/mol. The lowest BCUT2D eigenvalue weighted by Crippen LogP contribution is -2.47. The summed E-state index contributed by atoms with van der Waals surface area (Å²) >= 11 is 0. The summed E-state index contributed by atoms with van der Waals surface area (Å²) in [4.78, 5) is 18.3. The van der Waals surface area contributed by atoms with Gasteiger partial charge in [0.05, 0.1) is 0 Å². The van der Waals surface area contributed by atoms with Crippen LogP contribution in [-0.2, 0) is 4.79 Å². The molecule has 1 aliphatic rings. The highest BCUT2D eigenvalue weighted by molar-refractivity contribution is 5.73. The van der Waals surface area contributed by atoms with Gasteiger partial charge < -0.3 is 9.80 Å². The predicted octanol–water partition coefficient (Wildman–Crippen LogP) is 0.882. The number of hydrogen-bond acceptors (Lipinski definition) is 3. The molecule has 17 heavy (non-hydrogen) atoms. The Labute approximate surface area is 106 Å². The molecule has 0 aromatic heterocycles. The van der Waals surface area contributed by atoms with Crippen LogP contribution in [0, 0.1) is 0 Å². The summed E-state index contributed by atoms with van der Waals surface area (Å²) in [6, 6.07) is 0. The van der Waals surface area contributed by atoms with E-state index in [1.165, 1.54) is 0 Å². The summed E-state index contributed by atoms with van der Waals surface area (Å²) in [5.41, 5.74) is 0. The fourth-order valence-corrected chi connectivity index (χ4v) is 2.11. The minimum Gasteiger partial charge on any atom is -0.342 e. The second kappa shape index (κ2) is 7.67. The quantitative estimate of drug-likeness (QED) is 0.691. The van der Waals surface area contributed by atoms with Crippen LogP contribution in [0.4, 0.5) is 0 Å². The van der Waals surface area contributed by atoms with E-state index in [1.54, 1.807) is 6.92 Å². The van der Waals surface area contributed by atoms with Crippen molar-refractivity contribution in [3.63, 3.8) is 0 Å². The summed E-state index contributed by atoms with van der Waals surface area (Å²) in [6.45, 7) is 11.2. The second-order valence-corrected chi connectivity index (χ2v) is 5.00. The van der Waals surface area contributed by atoms with Crippen LogP contribution in [0.2, 0.25) is 0 Å². The Morgan fingerprint density at radius 1 is 1.18 bits per heavy atom. The summed E-state index contributed by atoms with van der Waals surface area (Å²) in [5, 5.41) is 0. The average molecular weight is 241 g/mol. The van der Waals surface area contributed by atoms with Gasteiger partial charge in [0.2, 0.25) is 5.91 Å². The highest BCUT2D eigenvalue weighted by atomic mass is 16.2. The number of hydrogen-bond donors (Lipinski definition) is 0. The van der Waals surface area contributed by atoms with Gasteiger partial charge in [-0.2, -0.15) is 0 Å². The zero-order valence-corrected chi connectivity index (χ0v) is 11.6. The molecule has 1 saturated heterocycles. The number of likely N-dealkylation sites (N-methyl/N-ethyl adjacent to an activating group) is 1. The average Bonchev–Trinajstić information content (AvgIpc) is 2.31. The molecule has 1 rings (SSSR count). The first-order chi connectivity index (χ1) is 8.13. The van der Waals surface area contributed by atoms with Crippen LogP contribution in [0.25, 0.3) is 0 Å². The molecule has 0 atom stereocenters. The topological polar surface area (TPSA) is 26.8 Å². The molecule has 0 spiro atoms. The van der Waals surface area contributed by atoms with Crippen LogP contribution in [0.15, 0.2) is 0 Å². The van der Waals surface area contributed by atoms with Crippen LogP contribution in [0.5, 0.6) is 0 Å². The van der Waals surface area contributed by atoms with Crippen molar-refractivity contribution < 1.29 is 4.79 Å². The van der Waals surface area contributed by atoms with Gasteiger partial charge >= 0.3 is 0 Å². The van der Waals surface area contributed by atoms with Gasteiger partial charge in [-0.05, 0) is 13.5 Å². The van der Waals surface area contributed by atoms with Crippen LogP contribution < -0.4 is 0 Å². The Morgan fingerprint density at radius 2 is 1.82 bits per heavy atom. The van der Waals surface area contributed by atoms with Crippen molar-refractivity contribution in [2.45, 2.75) is 26.7 Å². The SMILES string of the molecule is CCCCN(CCN1CCN(C)CC1)C(C)=O. The van der Waals surface area contributed by atoms with E-state index in [2.05, 4.69) is 23.8 Å². The molecule has 1 fully saturated rings. The third-order valence-corrected chi connectivity index (χ3v) is 3.51. The predicted molar refractivity (Wildman–Crippen MR) is 71.1 cm³/mol. The molecule has 100 valence electrons. The van der Waals surface area contributed by atoms with Crippen LogP contribution in [0.1, 0.15) is 26.7 Å². The molecule has 1 amide bonds. The zero-order valence-electron chi connectivity index (χ0n) is 11.6. The molecule has 1 aliphatic heterocycles. The Hall–Kier alpha value is -0.610. The Kier molecular flexibility index (Phi) is 6.52. The number of piperazine rings is 1. The summed E-state index contributed by atoms with van der Waals surface area (Å²) < 4.78 is 0. The molecule has 0 aromatic rings. The van der Waals surface area contributed by atoms with E-state index in [4.69, 9.17) is 0 Å². The van der Waals surface area contributed by atoms with Crippen LogP contribution in [0.3, 0.4) is 0 Å². The molecule has 0 unspecified atom stereocenters. The standard InChI is InChI=1S/C13H27N3O/c1-4-5-6-16(13(2)17)12-11-15-9-7-14(3)8-10-15/h4-12H2,1-3H3. The summed E-state index contributed by atoms with van der Waals surface area (Å²) in [5.74, 6) is 0.215. The zero-order chi connectivity index (χ0) is 12.7. The number of nitrogens with zero attached hydrogens (tertiary/aromatic N) is 3. The van der Waals surface area contributed by atoms with E-state index in [0.29, 0.717) is 0 Å². The lowest BCUT2D eigenvalue weighted by molar-refractivity contribution is -0.129. The third-order valence-electron chi connectivity index (χ3n) is 3.51. The van der Waals surface area contributed by atoms with Crippen molar-refractivity contribution in [1.82, 2.24) is 14.7 Å². The Bertz CT molecular complexity index is 225.